The van der Waals surface area contributed by atoms with Crippen molar-refractivity contribution in [3.63, 3.8) is 0 Å². The molecule has 3 fully saturated rings. The largest absolute Gasteiger partial charge is 0.465 e. The van der Waals surface area contributed by atoms with Gasteiger partial charge in [-0.15, -0.1) is 0 Å². The predicted octanol–water partition coefficient (Wildman–Crippen LogP) is 1.12. The van der Waals surface area contributed by atoms with E-state index in [1.807, 2.05) is 33.8 Å². The lowest BCUT2D eigenvalue weighted by molar-refractivity contribution is -0.239. The van der Waals surface area contributed by atoms with Crippen molar-refractivity contribution in [2.24, 2.45) is 16.7 Å². The number of aliphatic hydroxyl groups is 2. The van der Waals surface area contributed by atoms with Gasteiger partial charge in [-0.25, -0.2) is 0 Å². The molecule has 2 bridgehead atoms. The van der Waals surface area contributed by atoms with E-state index in [4.69, 9.17) is 18.9 Å². The van der Waals surface area contributed by atoms with Crippen molar-refractivity contribution in [3.8, 4) is 0 Å². The number of carbonyl (C=O) groups is 2. The molecule has 8 nitrogen and oxygen atoms in total. The SMILES string of the molecule is CC(=O)OC[C@]12C[C@H](OC(=O)CC(C)C)C(C)=C[C@H]1O[C@H]1[C@H](O)[C@@H](O)[C@@]2(C)[C@@]12CO2. The first-order chi connectivity index (χ1) is 14.0. The maximum absolute atomic E-state index is 12.4. The second-order valence-corrected chi connectivity index (χ2v) is 9.92. The first-order valence-electron chi connectivity index (χ1n) is 10.7. The van der Waals surface area contributed by atoms with Gasteiger partial charge in [0.1, 0.15) is 30.5 Å². The van der Waals surface area contributed by atoms with Crippen molar-refractivity contribution >= 4 is 11.9 Å². The Morgan fingerprint density at radius 2 is 2.00 bits per heavy atom. The molecule has 2 saturated heterocycles. The Hall–Kier alpha value is -1.48. The molecule has 2 aliphatic heterocycles. The van der Waals surface area contributed by atoms with Gasteiger partial charge in [0.2, 0.25) is 0 Å². The summed E-state index contributed by atoms with van der Waals surface area (Å²) in [5.74, 6) is -0.584. The number of hydrogen-bond acceptors (Lipinski definition) is 8. The van der Waals surface area contributed by atoms with Crippen molar-refractivity contribution in [2.45, 2.75) is 83.6 Å². The number of hydrogen-bond donors (Lipinski definition) is 2. The van der Waals surface area contributed by atoms with Crippen molar-refractivity contribution in [1.29, 1.82) is 0 Å². The molecule has 0 aromatic heterocycles. The number of epoxide rings is 1. The lowest BCUT2D eigenvalue weighted by atomic mass is 9.51. The van der Waals surface area contributed by atoms with Crippen molar-refractivity contribution in [2.75, 3.05) is 13.2 Å². The van der Waals surface area contributed by atoms with Crippen LogP contribution in [0.25, 0.3) is 0 Å². The fraction of sp³-hybridized carbons (Fsp3) is 0.818. The zero-order valence-electron chi connectivity index (χ0n) is 18.2. The van der Waals surface area contributed by atoms with E-state index in [0.29, 0.717) is 19.4 Å². The summed E-state index contributed by atoms with van der Waals surface area (Å²) in [6.07, 6.45) is -1.50. The maximum Gasteiger partial charge on any atom is 0.306 e. The highest BCUT2D eigenvalue weighted by molar-refractivity contribution is 5.70. The third kappa shape index (κ3) is 2.80. The molecule has 2 N–H and O–H groups in total. The number of fused-ring (bicyclic) bond motifs is 2. The summed E-state index contributed by atoms with van der Waals surface area (Å²) < 4.78 is 23.4. The van der Waals surface area contributed by atoms with Gasteiger partial charge in [0, 0.05) is 30.6 Å². The molecule has 1 spiro atoms. The van der Waals surface area contributed by atoms with Crippen LogP contribution in [0.1, 0.15) is 47.5 Å². The topological polar surface area (TPSA) is 115 Å². The van der Waals surface area contributed by atoms with Gasteiger partial charge < -0.3 is 29.2 Å². The maximum atomic E-state index is 12.4. The highest BCUT2D eigenvalue weighted by atomic mass is 16.6. The van der Waals surface area contributed by atoms with Crippen LogP contribution >= 0.6 is 0 Å². The van der Waals surface area contributed by atoms with Crippen LogP contribution in [0.5, 0.6) is 0 Å². The number of ether oxygens (including phenoxy) is 4. The van der Waals surface area contributed by atoms with Gasteiger partial charge in [-0.05, 0) is 18.4 Å². The molecule has 2 heterocycles. The Balaban J connectivity index is 1.75. The molecule has 30 heavy (non-hydrogen) atoms. The minimum Gasteiger partial charge on any atom is -0.465 e. The highest BCUT2D eigenvalue weighted by Gasteiger charge is 2.85. The van der Waals surface area contributed by atoms with Crippen LogP contribution in [-0.4, -0.2) is 71.5 Å². The molecule has 8 heteroatoms. The van der Waals surface area contributed by atoms with Gasteiger partial charge in [-0.2, -0.15) is 0 Å². The molecule has 4 rings (SSSR count). The standard InChI is InChI=1S/C22H32O8/c1-11(2)6-16(24)29-14-8-21(9-27-13(4)23)15(7-12(14)3)30-19-17(25)18(26)20(21,5)22(19)10-28-22/h7,11,14-15,17-19,25-26H,6,8-10H2,1-5H3/t14-,15+,17+,18+,19-,20+,21+,22+/m0/s1. The molecule has 0 aromatic carbocycles. The first kappa shape index (κ1) is 21.7. The van der Waals surface area contributed by atoms with Crippen molar-refractivity contribution in [1.82, 2.24) is 0 Å². The summed E-state index contributed by atoms with van der Waals surface area (Å²) in [6, 6.07) is 0. The molecule has 4 aliphatic rings. The molecule has 0 radical (unpaired) electrons. The second kappa shape index (κ2) is 7.02. The fourth-order valence-electron chi connectivity index (χ4n) is 5.92. The van der Waals surface area contributed by atoms with Crippen LogP contribution in [0.3, 0.4) is 0 Å². The van der Waals surface area contributed by atoms with Crippen LogP contribution in [0.2, 0.25) is 0 Å². The van der Waals surface area contributed by atoms with E-state index < -0.39 is 52.9 Å². The van der Waals surface area contributed by atoms with Crippen molar-refractivity contribution in [3.05, 3.63) is 11.6 Å². The Kier molecular flexibility index (Phi) is 5.09. The average Bonchev–Trinajstić information content (AvgIpc) is 3.43. The number of carbonyl (C=O) groups excluding carboxylic acids is 2. The third-order valence-electron chi connectivity index (χ3n) is 7.74. The highest BCUT2D eigenvalue weighted by Crippen LogP contribution is 2.71. The Morgan fingerprint density at radius 3 is 2.57 bits per heavy atom. The molecule has 8 atom stereocenters. The summed E-state index contributed by atoms with van der Waals surface area (Å²) in [7, 11) is 0. The van der Waals surface area contributed by atoms with Gasteiger partial charge in [0.05, 0.1) is 18.8 Å². The molecule has 0 unspecified atom stereocenters. The second-order valence-electron chi connectivity index (χ2n) is 9.92. The smallest absolute Gasteiger partial charge is 0.306 e. The Morgan fingerprint density at radius 1 is 1.33 bits per heavy atom. The van der Waals surface area contributed by atoms with E-state index >= 15 is 0 Å². The molecule has 2 aliphatic carbocycles. The third-order valence-corrected chi connectivity index (χ3v) is 7.74. The van der Waals surface area contributed by atoms with Gasteiger partial charge in [0.15, 0.2) is 0 Å². The van der Waals surface area contributed by atoms with E-state index in [2.05, 4.69) is 0 Å². The van der Waals surface area contributed by atoms with Crippen LogP contribution < -0.4 is 0 Å². The van der Waals surface area contributed by atoms with Crippen LogP contribution in [-0.2, 0) is 28.5 Å². The predicted molar refractivity (Wildman–Crippen MR) is 104 cm³/mol. The van der Waals surface area contributed by atoms with E-state index in [1.54, 1.807) is 0 Å². The molecule has 168 valence electrons. The van der Waals surface area contributed by atoms with E-state index in [-0.39, 0.29) is 18.5 Å². The normalized spacial score (nSPS) is 46.4. The van der Waals surface area contributed by atoms with Gasteiger partial charge >= 0.3 is 11.9 Å². The fourth-order valence-corrected chi connectivity index (χ4v) is 5.92. The average molecular weight is 424 g/mol. The monoisotopic (exact) mass is 424 g/mol. The Labute approximate surface area is 176 Å². The quantitative estimate of drug-likeness (QED) is 0.383. The Bertz CT molecular complexity index is 771. The minimum atomic E-state index is -1.13. The molecule has 1 saturated carbocycles. The van der Waals surface area contributed by atoms with Crippen molar-refractivity contribution < 1.29 is 38.7 Å². The van der Waals surface area contributed by atoms with Gasteiger partial charge in [0.25, 0.3) is 0 Å². The zero-order valence-corrected chi connectivity index (χ0v) is 18.2. The summed E-state index contributed by atoms with van der Waals surface area (Å²) >= 11 is 0. The number of esters is 2. The molecule has 0 aromatic rings. The van der Waals surface area contributed by atoms with Gasteiger partial charge in [-0.1, -0.05) is 26.8 Å². The van der Waals surface area contributed by atoms with E-state index in [9.17, 15) is 19.8 Å². The lowest BCUT2D eigenvalue weighted by Crippen LogP contribution is -2.67. The van der Waals surface area contributed by atoms with Crippen LogP contribution in [0.15, 0.2) is 11.6 Å². The summed E-state index contributed by atoms with van der Waals surface area (Å²) in [6.45, 7) is 9.28. The first-order valence-corrected chi connectivity index (χ1v) is 10.7. The molecular formula is C22H32O8. The van der Waals surface area contributed by atoms with Gasteiger partial charge in [-0.3, -0.25) is 9.59 Å². The lowest BCUT2D eigenvalue weighted by Gasteiger charge is -2.58. The number of aliphatic hydroxyl groups excluding tert-OH is 2. The van der Waals surface area contributed by atoms with Crippen LogP contribution in [0.4, 0.5) is 0 Å². The molecule has 0 amide bonds. The van der Waals surface area contributed by atoms with E-state index in [0.717, 1.165) is 5.57 Å². The minimum absolute atomic E-state index is 0.0346. The number of rotatable bonds is 5. The summed E-state index contributed by atoms with van der Waals surface area (Å²) in [5.41, 5.74) is -1.89. The summed E-state index contributed by atoms with van der Waals surface area (Å²) in [5, 5.41) is 21.9. The molecular weight excluding hydrogens is 392 g/mol. The summed E-state index contributed by atoms with van der Waals surface area (Å²) in [4.78, 5) is 24.1. The zero-order chi connectivity index (χ0) is 22.1. The van der Waals surface area contributed by atoms with E-state index in [1.165, 1.54) is 6.92 Å². The van der Waals surface area contributed by atoms with Crippen LogP contribution in [0, 0.1) is 16.7 Å².